The summed E-state index contributed by atoms with van der Waals surface area (Å²) in [6.45, 7) is 10.7. The third-order valence-corrected chi connectivity index (χ3v) is 3.74. The molecule has 2 rings (SSSR count). The lowest BCUT2D eigenvalue weighted by molar-refractivity contribution is 0.153. The van der Waals surface area contributed by atoms with E-state index in [1.54, 1.807) is 0 Å². The average Bonchev–Trinajstić information content (AvgIpc) is 2.86. The van der Waals surface area contributed by atoms with Crippen molar-refractivity contribution in [1.29, 1.82) is 0 Å². The van der Waals surface area contributed by atoms with E-state index in [4.69, 9.17) is 4.52 Å². The molecular formula is C15H28N4O. The van der Waals surface area contributed by atoms with Gasteiger partial charge in [-0.25, -0.2) is 0 Å². The van der Waals surface area contributed by atoms with Gasteiger partial charge in [0.15, 0.2) is 5.82 Å². The Morgan fingerprint density at radius 1 is 1.45 bits per heavy atom. The molecule has 1 unspecified atom stereocenters. The lowest BCUT2D eigenvalue weighted by atomic mass is 10.1. The van der Waals surface area contributed by atoms with E-state index in [2.05, 4.69) is 41.1 Å². The van der Waals surface area contributed by atoms with Gasteiger partial charge >= 0.3 is 0 Å². The van der Waals surface area contributed by atoms with Crippen LogP contribution in [0.2, 0.25) is 0 Å². The summed E-state index contributed by atoms with van der Waals surface area (Å²) >= 11 is 0. The minimum Gasteiger partial charge on any atom is -0.339 e. The van der Waals surface area contributed by atoms with Gasteiger partial charge in [0, 0.05) is 19.0 Å². The Bertz CT molecular complexity index is 385. The molecule has 5 heteroatoms. The third-order valence-electron chi connectivity index (χ3n) is 3.74. The van der Waals surface area contributed by atoms with Gasteiger partial charge < -0.3 is 9.84 Å². The van der Waals surface area contributed by atoms with E-state index in [9.17, 15) is 0 Å². The minimum absolute atomic E-state index is 0.553. The molecule has 114 valence electrons. The molecule has 0 amide bonds. The Morgan fingerprint density at radius 2 is 2.30 bits per heavy atom. The average molecular weight is 280 g/mol. The van der Waals surface area contributed by atoms with E-state index >= 15 is 0 Å². The lowest BCUT2D eigenvalue weighted by Gasteiger charge is -2.33. The Balaban J connectivity index is 1.94. The summed E-state index contributed by atoms with van der Waals surface area (Å²) in [7, 11) is 0. The topological polar surface area (TPSA) is 54.2 Å². The predicted octanol–water partition coefficient (Wildman–Crippen LogP) is 2.23. The molecule has 5 nitrogen and oxygen atoms in total. The first-order valence-electron chi connectivity index (χ1n) is 7.95. The molecule has 1 saturated heterocycles. The van der Waals surface area contributed by atoms with Gasteiger partial charge in [-0.3, -0.25) is 4.90 Å². The van der Waals surface area contributed by atoms with Gasteiger partial charge in [-0.2, -0.15) is 4.98 Å². The van der Waals surface area contributed by atoms with E-state index in [0.717, 1.165) is 50.7 Å². The molecule has 1 N–H and O–H groups in total. The van der Waals surface area contributed by atoms with Crippen molar-refractivity contribution in [3.63, 3.8) is 0 Å². The van der Waals surface area contributed by atoms with Crippen LogP contribution < -0.4 is 5.32 Å². The quantitative estimate of drug-likeness (QED) is 0.830. The highest BCUT2D eigenvalue weighted by Gasteiger charge is 2.22. The molecular weight excluding hydrogens is 252 g/mol. The van der Waals surface area contributed by atoms with Crippen LogP contribution in [0.4, 0.5) is 0 Å². The van der Waals surface area contributed by atoms with Crippen LogP contribution in [0, 0.1) is 5.92 Å². The number of nitrogens with zero attached hydrogens (tertiary/aromatic N) is 3. The number of hydrogen-bond acceptors (Lipinski definition) is 5. The molecule has 1 aliphatic heterocycles. The van der Waals surface area contributed by atoms with E-state index in [1.165, 1.54) is 12.8 Å². The Kier molecular flexibility index (Phi) is 5.98. The van der Waals surface area contributed by atoms with E-state index in [0.29, 0.717) is 12.0 Å². The number of piperidine rings is 1. The summed E-state index contributed by atoms with van der Waals surface area (Å²) in [6.07, 6.45) is 4.55. The molecule has 1 aliphatic rings. The highest BCUT2D eigenvalue weighted by atomic mass is 16.5. The van der Waals surface area contributed by atoms with Gasteiger partial charge in [0.1, 0.15) is 0 Å². The molecule has 1 atom stereocenters. The number of rotatable bonds is 7. The zero-order valence-corrected chi connectivity index (χ0v) is 13.1. The molecule has 0 radical (unpaired) electrons. The number of nitrogens with one attached hydrogen (secondary N) is 1. The van der Waals surface area contributed by atoms with Gasteiger partial charge in [0.05, 0.1) is 6.54 Å². The second-order valence-corrected chi connectivity index (χ2v) is 6.17. The van der Waals surface area contributed by atoms with Gasteiger partial charge in [-0.1, -0.05) is 25.9 Å². The van der Waals surface area contributed by atoms with Gasteiger partial charge in [-0.15, -0.1) is 0 Å². The number of aromatic nitrogens is 2. The maximum absolute atomic E-state index is 5.34. The summed E-state index contributed by atoms with van der Waals surface area (Å²) in [4.78, 5) is 7.02. The lowest BCUT2D eigenvalue weighted by Crippen LogP contribution is -2.46. The fourth-order valence-electron chi connectivity index (χ4n) is 2.79. The first-order chi connectivity index (χ1) is 9.69. The van der Waals surface area contributed by atoms with Gasteiger partial charge in [0.2, 0.25) is 5.89 Å². The van der Waals surface area contributed by atoms with Crippen molar-refractivity contribution in [3.8, 4) is 0 Å². The van der Waals surface area contributed by atoms with Gasteiger partial charge in [-0.05, 0) is 38.3 Å². The van der Waals surface area contributed by atoms with Crippen molar-refractivity contribution in [1.82, 2.24) is 20.4 Å². The molecule has 1 aromatic heterocycles. The third kappa shape index (κ3) is 4.56. The maximum Gasteiger partial charge on any atom is 0.226 e. The summed E-state index contributed by atoms with van der Waals surface area (Å²) < 4.78 is 5.34. The fourth-order valence-corrected chi connectivity index (χ4v) is 2.79. The smallest absolute Gasteiger partial charge is 0.226 e. The van der Waals surface area contributed by atoms with Crippen molar-refractivity contribution in [3.05, 3.63) is 11.7 Å². The predicted molar refractivity (Wildman–Crippen MR) is 79.4 cm³/mol. The van der Waals surface area contributed by atoms with Crippen LogP contribution in [-0.2, 0) is 13.0 Å². The van der Waals surface area contributed by atoms with Crippen LogP contribution in [0.25, 0.3) is 0 Å². The summed E-state index contributed by atoms with van der Waals surface area (Å²) in [5.41, 5.74) is 0. The Hall–Kier alpha value is -0.940. The van der Waals surface area contributed by atoms with Gasteiger partial charge in [0.25, 0.3) is 0 Å². The highest BCUT2D eigenvalue weighted by molar-refractivity contribution is 4.89. The fraction of sp³-hybridized carbons (Fsp3) is 0.867. The molecule has 0 saturated carbocycles. The second kappa shape index (κ2) is 7.74. The molecule has 0 aromatic carbocycles. The van der Waals surface area contributed by atoms with Crippen molar-refractivity contribution >= 4 is 0 Å². The van der Waals surface area contributed by atoms with Crippen molar-refractivity contribution in [2.75, 3.05) is 19.6 Å². The van der Waals surface area contributed by atoms with Crippen molar-refractivity contribution < 1.29 is 4.52 Å². The van der Waals surface area contributed by atoms with E-state index < -0.39 is 0 Å². The van der Waals surface area contributed by atoms with Crippen LogP contribution in [0.1, 0.15) is 51.7 Å². The van der Waals surface area contributed by atoms with Crippen molar-refractivity contribution in [2.45, 2.75) is 59.0 Å². The summed E-state index contributed by atoms with van der Waals surface area (Å²) in [5, 5.41) is 7.62. The van der Waals surface area contributed by atoms with Crippen LogP contribution in [0.3, 0.4) is 0 Å². The zero-order chi connectivity index (χ0) is 14.4. The van der Waals surface area contributed by atoms with E-state index in [1.807, 2.05) is 0 Å². The molecule has 20 heavy (non-hydrogen) atoms. The highest BCUT2D eigenvalue weighted by Crippen LogP contribution is 2.14. The maximum atomic E-state index is 5.34. The molecule has 1 fully saturated rings. The Labute approximate surface area is 122 Å². The Morgan fingerprint density at radius 3 is 2.95 bits per heavy atom. The van der Waals surface area contributed by atoms with Crippen LogP contribution in [0.15, 0.2) is 4.52 Å². The van der Waals surface area contributed by atoms with Crippen LogP contribution >= 0.6 is 0 Å². The standard InChI is InChI=1S/C15H28N4O/c1-4-8-19(13-6-5-7-16-10-13)11-14-17-15(20-18-14)9-12(2)3/h12-13,16H,4-11H2,1-3H3. The SMILES string of the molecule is CCCN(Cc1noc(CC(C)C)n1)C1CCCNC1. The van der Waals surface area contributed by atoms with E-state index in [-0.39, 0.29) is 0 Å². The molecule has 0 aliphatic carbocycles. The van der Waals surface area contributed by atoms with Crippen LogP contribution in [0.5, 0.6) is 0 Å². The normalized spacial score (nSPS) is 19.9. The first-order valence-corrected chi connectivity index (χ1v) is 7.95. The number of hydrogen-bond donors (Lipinski definition) is 1. The first kappa shape index (κ1) is 15.4. The molecule has 0 spiro atoms. The summed E-state index contributed by atoms with van der Waals surface area (Å²) in [5.74, 6) is 2.16. The molecule has 1 aromatic rings. The van der Waals surface area contributed by atoms with Crippen molar-refractivity contribution in [2.24, 2.45) is 5.92 Å². The largest absolute Gasteiger partial charge is 0.339 e. The molecule has 0 bridgehead atoms. The zero-order valence-electron chi connectivity index (χ0n) is 13.1. The second-order valence-electron chi connectivity index (χ2n) is 6.17. The monoisotopic (exact) mass is 280 g/mol. The van der Waals surface area contributed by atoms with Crippen LogP contribution in [-0.4, -0.2) is 40.7 Å². The molecule has 2 heterocycles. The summed E-state index contributed by atoms with van der Waals surface area (Å²) in [6, 6.07) is 0.607. The minimum atomic E-state index is 0.553.